The summed E-state index contributed by atoms with van der Waals surface area (Å²) in [4.78, 5) is 15.8. The molecule has 0 aliphatic carbocycles. The molecule has 0 saturated heterocycles. The molecular formula is C14H12N6O. The molecule has 7 heteroatoms. The van der Waals surface area contributed by atoms with Crippen LogP contribution in [0.3, 0.4) is 0 Å². The highest BCUT2D eigenvalue weighted by Crippen LogP contribution is 2.11. The Morgan fingerprint density at radius 1 is 1.43 bits per heavy atom. The minimum atomic E-state index is -0.303. The number of rotatable bonds is 3. The largest absolute Gasteiger partial charge is 0.366 e. The maximum absolute atomic E-state index is 11.5. The van der Waals surface area contributed by atoms with Crippen LogP contribution in [-0.4, -0.2) is 19.6 Å². The normalized spacial score (nSPS) is 10.5. The Balaban J connectivity index is 1.85. The van der Waals surface area contributed by atoms with E-state index in [0.29, 0.717) is 29.4 Å². The average molecular weight is 280 g/mol. The van der Waals surface area contributed by atoms with Crippen molar-refractivity contribution in [2.24, 2.45) is 0 Å². The lowest BCUT2D eigenvalue weighted by atomic mass is 10.1. The molecular weight excluding hydrogens is 268 g/mol. The van der Waals surface area contributed by atoms with Gasteiger partial charge >= 0.3 is 5.69 Å². The van der Waals surface area contributed by atoms with Crippen LogP contribution in [-0.2, 0) is 6.54 Å². The van der Waals surface area contributed by atoms with Crippen molar-refractivity contribution in [2.75, 3.05) is 5.32 Å². The highest BCUT2D eigenvalue weighted by Gasteiger charge is 2.06. The maximum atomic E-state index is 11.5. The molecule has 3 aromatic rings. The Morgan fingerprint density at radius 3 is 3.10 bits per heavy atom. The Bertz CT molecular complexity index is 902. The lowest BCUT2D eigenvalue weighted by molar-refractivity contribution is 0.931. The summed E-state index contributed by atoms with van der Waals surface area (Å²) in [5, 5.41) is 18.4. The van der Waals surface area contributed by atoms with Gasteiger partial charge < -0.3 is 5.32 Å². The van der Waals surface area contributed by atoms with Gasteiger partial charge in [-0.2, -0.15) is 10.4 Å². The van der Waals surface area contributed by atoms with Crippen molar-refractivity contribution in [3.63, 3.8) is 0 Å². The van der Waals surface area contributed by atoms with Gasteiger partial charge in [0.15, 0.2) is 5.65 Å². The summed E-state index contributed by atoms with van der Waals surface area (Å²) in [6.45, 7) is 2.28. The molecule has 0 amide bonds. The molecule has 0 unspecified atom stereocenters. The van der Waals surface area contributed by atoms with Crippen molar-refractivity contribution < 1.29 is 0 Å². The number of H-pyrrole nitrogens is 1. The zero-order valence-corrected chi connectivity index (χ0v) is 11.3. The molecule has 0 spiro atoms. The van der Waals surface area contributed by atoms with Crippen molar-refractivity contribution in [2.45, 2.75) is 13.5 Å². The molecule has 7 nitrogen and oxygen atoms in total. The van der Waals surface area contributed by atoms with Crippen LogP contribution in [0.2, 0.25) is 0 Å². The molecule has 0 bridgehead atoms. The van der Waals surface area contributed by atoms with Gasteiger partial charge in [-0.15, -0.1) is 0 Å². The Hall–Kier alpha value is -3.14. The van der Waals surface area contributed by atoms with Gasteiger partial charge in [-0.25, -0.2) is 19.3 Å². The summed E-state index contributed by atoms with van der Waals surface area (Å²) in [5.74, 6) is 1.18. The third-order valence-electron chi connectivity index (χ3n) is 3.10. The van der Waals surface area contributed by atoms with Gasteiger partial charge in [0.1, 0.15) is 11.6 Å². The van der Waals surface area contributed by atoms with Crippen LogP contribution in [0.15, 0.2) is 35.1 Å². The molecule has 2 heterocycles. The number of nitrogens with one attached hydrogen (secondary N) is 2. The van der Waals surface area contributed by atoms with Crippen molar-refractivity contribution in [1.82, 2.24) is 19.6 Å². The summed E-state index contributed by atoms with van der Waals surface area (Å²) in [7, 11) is 0. The number of nitriles is 1. The van der Waals surface area contributed by atoms with Crippen LogP contribution in [0.25, 0.3) is 5.65 Å². The van der Waals surface area contributed by atoms with Crippen LogP contribution >= 0.6 is 0 Å². The number of aryl methyl sites for hydroxylation is 1. The van der Waals surface area contributed by atoms with Crippen LogP contribution < -0.4 is 11.0 Å². The molecule has 21 heavy (non-hydrogen) atoms. The number of aromatic nitrogens is 4. The predicted molar refractivity (Wildman–Crippen MR) is 76.8 cm³/mol. The fourth-order valence-electron chi connectivity index (χ4n) is 2.13. The minimum absolute atomic E-state index is 0.303. The number of fused-ring (bicyclic) bond motifs is 1. The van der Waals surface area contributed by atoms with Crippen LogP contribution in [0, 0.1) is 18.3 Å². The summed E-state index contributed by atoms with van der Waals surface area (Å²) in [6, 6.07) is 11.1. The van der Waals surface area contributed by atoms with E-state index in [-0.39, 0.29) is 5.69 Å². The summed E-state index contributed by atoms with van der Waals surface area (Å²) in [5.41, 5.74) is 1.81. The molecule has 1 aromatic carbocycles. The number of nitrogens with zero attached hydrogens (tertiary/aromatic N) is 4. The van der Waals surface area contributed by atoms with Crippen LogP contribution in [0.1, 0.15) is 17.0 Å². The zero-order valence-electron chi connectivity index (χ0n) is 11.3. The smallest absolute Gasteiger partial charge is 0.349 e. The lowest BCUT2D eigenvalue weighted by Crippen LogP contribution is -2.14. The Kier molecular flexibility index (Phi) is 3.12. The monoisotopic (exact) mass is 280 g/mol. The van der Waals surface area contributed by atoms with Crippen LogP contribution in [0.5, 0.6) is 0 Å². The number of hydrogen-bond donors (Lipinski definition) is 2. The van der Waals surface area contributed by atoms with E-state index >= 15 is 0 Å². The quantitative estimate of drug-likeness (QED) is 0.751. The van der Waals surface area contributed by atoms with Gasteiger partial charge in [-0.1, -0.05) is 12.1 Å². The third kappa shape index (κ3) is 2.47. The lowest BCUT2D eigenvalue weighted by Gasteiger charge is -2.07. The molecule has 2 N–H and O–H groups in total. The first-order valence-electron chi connectivity index (χ1n) is 6.35. The van der Waals surface area contributed by atoms with E-state index in [9.17, 15) is 4.79 Å². The first kappa shape index (κ1) is 12.9. The summed E-state index contributed by atoms with van der Waals surface area (Å²) in [6.07, 6.45) is 0. The number of benzene rings is 1. The van der Waals surface area contributed by atoms with E-state index in [1.807, 2.05) is 18.2 Å². The van der Waals surface area contributed by atoms with E-state index < -0.39 is 0 Å². The first-order chi connectivity index (χ1) is 10.2. The standard InChI is InChI=1S/C14H12N6O/c1-9-17-12(6-13-18-19-14(21)20(9)13)16-8-11-4-2-3-10(5-11)7-15/h2-6,16H,8H2,1H3,(H,19,21). The molecule has 104 valence electrons. The van der Waals surface area contributed by atoms with Crippen LogP contribution in [0.4, 0.5) is 5.82 Å². The molecule has 0 saturated carbocycles. The highest BCUT2D eigenvalue weighted by atomic mass is 16.1. The minimum Gasteiger partial charge on any atom is -0.366 e. The Morgan fingerprint density at radius 2 is 2.29 bits per heavy atom. The first-order valence-corrected chi connectivity index (χ1v) is 6.35. The summed E-state index contributed by atoms with van der Waals surface area (Å²) >= 11 is 0. The van der Waals surface area contributed by atoms with E-state index in [2.05, 4.69) is 26.6 Å². The van der Waals surface area contributed by atoms with Gasteiger partial charge in [0.25, 0.3) is 0 Å². The fourth-order valence-corrected chi connectivity index (χ4v) is 2.13. The highest BCUT2D eigenvalue weighted by molar-refractivity contribution is 5.50. The van der Waals surface area contributed by atoms with Gasteiger partial charge in [0, 0.05) is 12.6 Å². The Labute approximate surface area is 119 Å². The van der Waals surface area contributed by atoms with Crippen molar-refractivity contribution in [1.29, 1.82) is 5.26 Å². The zero-order chi connectivity index (χ0) is 14.8. The van der Waals surface area contributed by atoms with Crippen molar-refractivity contribution in [3.8, 4) is 6.07 Å². The average Bonchev–Trinajstić information content (AvgIpc) is 2.87. The second kappa shape index (κ2) is 5.09. The molecule has 2 aromatic heterocycles. The molecule has 0 atom stereocenters. The van der Waals surface area contributed by atoms with Gasteiger partial charge in [0.05, 0.1) is 11.6 Å². The van der Waals surface area contributed by atoms with E-state index in [1.54, 1.807) is 19.1 Å². The third-order valence-corrected chi connectivity index (χ3v) is 3.10. The van der Waals surface area contributed by atoms with E-state index in [1.165, 1.54) is 4.40 Å². The SMILES string of the molecule is Cc1nc(NCc2cccc(C#N)c2)cc2n[nH]c(=O)n12. The molecule has 0 aliphatic rings. The second-order valence-electron chi connectivity index (χ2n) is 4.58. The van der Waals surface area contributed by atoms with E-state index in [0.717, 1.165) is 5.56 Å². The number of anilines is 1. The summed E-state index contributed by atoms with van der Waals surface area (Å²) < 4.78 is 1.40. The molecule has 0 radical (unpaired) electrons. The molecule has 0 aliphatic heterocycles. The maximum Gasteiger partial charge on any atom is 0.349 e. The van der Waals surface area contributed by atoms with Gasteiger partial charge in [0.2, 0.25) is 0 Å². The topological polar surface area (TPSA) is 98.9 Å². The van der Waals surface area contributed by atoms with Crippen molar-refractivity contribution in [3.05, 3.63) is 57.8 Å². The predicted octanol–water partition coefficient (Wildman–Crippen LogP) is 1.21. The van der Waals surface area contributed by atoms with Crippen molar-refractivity contribution >= 4 is 11.5 Å². The number of hydrogen-bond acceptors (Lipinski definition) is 5. The molecule has 3 rings (SSSR count). The molecule has 0 fully saturated rings. The van der Waals surface area contributed by atoms with E-state index in [4.69, 9.17) is 5.26 Å². The second-order valence-corrected chi connectivity index (χ2v) is 4.58. The number of aromatic amines is 1. The fraction of sp³-hybridized carbons (Fsp3) is 0.143. The van der Waals surface area contributed by atoms with Gasteiger partial charge in [-0.05, 0) is 24.6 Å². The van der Waals surface area contributed by atoms with Gasteiger partial charge in [-0.3, -0.25) is 0 Å².